The number of hydrogen-bond donors (Lipinski definition) is 2. The summed E-state index contributed by atoms with van der Waals surface area (Å²) in [5.74, 6) is 0. The van der Waals surface area contributed by atoms with Gasteiger partial charge in [0.15, 0.2) is 0 Å². The van der Waals surface area contributed by atoms with E-state index in [1.807, 2.05) is 6.92 Å². The van der Waals surface area contributed by atoms with Crippen LogP contribution in [0, 0.1) is 0 Å². The van der Waals surface area contributed by atoms with Gasteiger partial charge in [0, 0.05) is 13.7 Å². The predicted octanol–water partition coefficient (Wildman–Crippen LogP) is -0.252. The quantitative estimate of drug-likeness (QED) is 0.562. The van der Waals surface area contributed by atoms with E-state index < -0.39 is 0 Å². The maximum Gasteiger partial charge on any atom is 0.0959 e. The van der Waals surface area contributed by atoms with Crippen molar-refractivity contribution in [3.05, 3.63) is 0 Å². The molecule has 0 rings (SSSR count). The van der Waals surface area contributed by atoms with Crippen LogP contribution >= 0.6 is 0 Å². The molecule has 0 aromatic heterocycles. The van der Waals surface area contributed by atoms with Crippen LogP contribution in [-0.4, -0.2) is 44.2 Å². The summed E-state index contributed by atoms with van der Waals surface area (Å²) in [6.07, 6.45) is 0.790. The number of aliphatic hydroxyl groups is 1. The minimum atomic E-state index is -0.104. The van der Waals surface area contributed by atoms with Gasteiger partial charge in [-0.15, -0.1) is 0 Å². The lowest BCUT2D eigenvalue weighted by atomic mass is 10.1. The van der Waals surface area contributed by atoms with Crippen molar-refractivity contribution < 1.29 is 14.6 Å². The van der Waals surface area contributed by atoms with Gasteiger partial charge in [0.1, 0.15) is 0 Å². The number of aliphatic hydroxyl groups excluding tert-OH is 1. The van der Waals surface area contributed by atoms with Crippen LogP contribution in [-0.2, 0) is 9.47 Å². The molecule has 0 aliphatic carbocycles. The number of methoxy groups -OCH3 is 1. The summed E-state index contributed by atoms with van der Waals surface area (Å²) in [6.45, 7) is 2.78. The van der Waals surface area contributed by atoms with Crippen LogP contribution in [0.25, 0.3) is 0 Å². The molecule has 0 fully saturated rings. The van der Waals surface area contributed by atoms with Crippen LogP contribution in [0.2, 0.25) is 0 Å². The Kier molecular flexibility index (Phi) is 7.39. The molecular formula is C8H19NO3. The fourth-order valence-electron chi connectivity index (χ4n) is 1.11. The van der Waals surface area contributed by atoms with Crippen LogP contribution in [0.5, 0.6) is 0 Å². The monoisotopic (exact) mass is 177 g/mol. The van der Waals surface area contributed by atoms with Gasteiger partial charge in [-0.05, 0) is 6.42 Å². The molecule has 4 heteroatoms. The summed E-state index contributed by atoms with van der Waals surface area (Å²) in [4.78, 5) is 0. The Morgan fingerprint density at radius 2 is 2.08 bits per heavy atom. The predicted molar refractivity (Wildman–Crippen MR) is 47.0 cm³/mol. The average Bonchev–Trinajstić information content (AvgIpc) is 2.12. The Hall–Kier alpha value is -0.160. The topological polar surface area (TPSA) is 64.7 Å². The highest BCUT2D eigenvalue weighted by atomic mass is 16.5. The molecule has 0 aromatic rings. The second-order valence-electron chi connectivity index (χ2n) is 2.55. The van der Waals surface area contributed by atoms with E-state index in [0.717, 1.165) is 6.42 Å². The standard InChI is InChI=1S/C8H19NO3/c1-3-7(11-2)8(6-9)12-5-4-10/h7-8,10H,3-6,9H2,1-2H3. The lowest BCUT2D eigenvalue weighted by molar-refractivity contribution is -0.0605. The van der Waals surface area contributed by atoms with Crippen LogP contribution in [0.3, 0.4) is 0 Å². The molecule has 0 radical (unpaired) electrons. The smallest absolute Gasteiger partial charge is 0.0959 e. The third-order valence-electron chi connectivity index (χ3n) is 1.78. The third kappa shape index (κ3) is 4.01. The van der Waals surface area contributed by atoms with Crippen molar-refractivity contribution in [1.82, 2.24) is 0 Å². The molecule has 0 heterocycles. The van der Waals surface area contributed by atoms with E-state index in [1.54, 1.807) is 7.11 Å². The minimum absolute atomic E-state index is 0.0245. The second-order valence-corrected chi connectivity index (χ2v) is 2.55. The third-order valence-corrected chi connectivity index (χ3v) is 1.78. The van der Waals surface area contributed by atoms with Crippen LogP contribution in [0.1, 0.15) is 13.3 Å². The minimum Gasteiger partial charge on any atom is -0.394 e. The highest BCUT2D eigenvalue weighted by molar-refractivity contribution is 4.69. The van der Waals surface area contributed by atoms with E-state index >= 15 is 0 Å². The molecule has 74 valence electrons. The Bertz CT molecular complexity index is 96.3. The Balaban J connectivity index is 3.75. The molecule has 0 saturated heterocycles. The molecule has 3 N–H and O–H groups in total. The maximum absolute atomic E-state index is 8.53. The number of rotatable bonds is 7. The van der Waals surface area contributed by atoms with Gasteiger partial charge in [-0.25, -0.2) is 0 Å². The fourth-order valence-corrected chi connectivity index (χ4v) is 1.11. The van der Waals surface area contributed by atoms with Crippen molar-refractivity contribution in [3.8, 4) is 0 Å². The Morgan fingerprint density at radius 1 is 1.42 bits per heavy atom. The molecule has 0 aliphatic rings. The number of hydrogen-bond acceptors (Lipinski definition) is 4. The Labute approximate surface area is 73.7 Å². The second kappa shape index (κ2) is 7.49. The first-order chi connectivity index (χ1) is 5.79. The zero-order valence-electron chi connectivity index (χ0n) is 7.82. The molecule has 0 saturated carbocycles. The average molecular weight is 177 g/mol. The maximum atomic E-state index is 8.53. The summed E-state index contributed by atoms with van der Waals surface area (Å²) in [6, 6.07) is 0. The number of nitrogens with two attached hydrogens (primary N) is 1. The van der Waals surface area contributed by atoms with Crippen LogP contribution in [0.15, 0.2) is 0 Å². The van der Waals surface area contributed by atoms with Gasteiger partial charge in [0.05, 0.1) is 25.4 Å². The van der Waals surface area contributed by atoms with E-state index in [9.17, 15) is 0 Å². The van der Waals surface area contributed by atoms with Crippen LogP contribution in [0.4, 0.5) is 0 Å². The number of ether oxygens (including phenoxy) is 2. The van der Waals surface area contributed by atoms with Crippen molar-refractivity contribution in [2.45, 2.75) is 25.6 Å². The van der Waals surface area contributed by atoms with E-state index in [1.165, 1.54) is 0 Å². The SMILES string of the molecule is CCC(OC)C(CN)OCCO. The zero-order chi connectivity index (χ0) is 9.40. The molecule has 2 unspecified atom stereocenters. The normalized spacial score (nSPS) is 16.0. The van der Waals surface area contributed by atoms with Crippen molar-refractivity contribution >= 4 is 0 Å². The first kappa shape index (κ1) is 11.8. The zero-order valence-corrected chi connectivity index (χ0v) is 7.82. The molecule has 0 aliphatic heterocycles. The van der Waals surface area contributed by atoms with E-state index in [4.69, 9.17) is 20.3 Å². The molecule has 0 bridgehead atoms. The van der Waals surface area contributed by atoms with E-state index in [2.05, 4.69) is 0 Å². The van der Waals surface area contributed by atoms with Gasteiger partial charge in [0.2, 0.25) is 0 Å². The molecule has 0 spiro atoms. The lowest BCUT2D eigenvalue weighted by Crippen LogP contribution is -2.37. The molecule has 4 nitrogen and oxygen atoms in total. The molecule has 12 heavy (non-hydrogen) atoms. The first-order valence-corrected chi connectivity index (χ1v) is 4.25. The van der Waals surface area contributed by atoms with Crippen molar-refractivity contribution in [3.63, 3.8) is 0 Å². The largest absolute Gasteiger partial charge is 0.394 e. The van der Waals surface area contributed by atoms with Gasteiger partial charge in [-0.1, -0.05) is 6.92 Å². The van der Waals surface area contributed by atoms with Gasteiger partial charge in [0.25, 0.3) is 0 Å². The van der Waals surface area contributed by atoms with E-state index in [0.29, 0.717) is 13.2 Å². The fraction of sp³-hybridized carbons (Fsp3) is 1.00. The van der Waals surface area contributed by atoms with Crippen molar-refractivity contribution in [2.75, 3.05) is 26.9 Å². The molecule has 2 atom stereocenters. The molecular weight excluding hydrogens is 158 g/mol. The van der Waals surface area contributed by atoms with Gasteiger partial charge in [-0.3, -0.25) is 0 Å². The highest BCUT2D eigenvalue weighted by Gasteiger charge is 2.17. The van der Waals surface area contributed by atoms with Crippen LogP contribution < -0.4 is 5.73 Å². The Morgan fingerprint density at radius 3 is 2.42 bits per heavy atom. The van der Waals surface area contributed by atoms with E-state index in [-0.39, 0.29) is 18.8 Å². The van der Waals surface area contributed by atoms with Crippen molar-refractivity contribution in [1.29, 1.82) is 0 Å². The summed E-state index contributed by atoms with van der Waals surface area (Å²) >= 11 is 0. The first-order valence-electron chi connectivity index (χ1n) is 4.25. The summed E-state index contributed by atoms with van der Waals surface area (Å²) in [7, 11) is 1.64. The summed E-state index contributed by atoms with van der Waals surface area (Å²) in [5.41, 5.74) is 5.48. The van der Waals surface area contributed by atoms with Gasteiger partial charge < -0.3 is 20.3 Å². The molecule has 0 amide bonds. The summed E-state index contributed by atoms with van der Waals surface area (Å²) in [5, 5.41) is 8.53. The van der Waals surface area contributed by atoms with Crippen molar-refractivity contribution in [2.24, 2.45) is 5.73 Å². The van der Waals surface area contributed by atoms with Gasteiger partial charge in [-0.2, -0.15) is 0 Å². The van der Waals surface area contributed by atoms with Gasteiger partial charge >= 0.3 is 0 Å². The molecule has 0 aromatic carbocycles. The lowest BCUT2D eigenvalue weighted by Gasteiger charge is -2.23. The highest BCUT2D eigenvalue weighted by Crippen LogP contribution is 2.05. The summed E-state index contributed by atoms with van der Waals surface area (Å²) < 4.78 is 10.4.